The number of hydrogen-bond donors (Lipinski definition) is 2. The molecule has 5 nitrogen and oxygen atoms in total. The summed E-state index contributed by atoms with van der Waals surface area (Å²) in [4.78, 5) is 0. The van der Waals surface area contributed by atoms with Crippen LogP contribution >= 0.6 is 15.9 Å². The van der Waals surface area contributed by atoms with Gasteiger partial charge in [-0.3, -0.25) is 4.68 Å². The Bertz CT molecular complexity index is 588. The first-order valence-corrected chi connectivity index (χ1v) is 6.11. The fourth-order valence-corrected chi connectivity index (χ4v) is 2.50. The summed E-state index contributed by atoms with van der Waals surface area (Å²) in [6, 6.07) is 3.48. The van der Waals surface area contributed by atoms with Crippen molar-refractivity contribution in [3.8, 4) is 22.8 Å². The topological polar surface area (TPSA) is 73.3 Å². The summed E-state index contributed by atoms with van der Waals surface area (Å²) in [6.45, 7) is 1.79. The largest absolute Gasteiger partial charge is 0.507 e. The molecule has 96 valence electrons. The molecular formula is C12H14BrN3O2. The van der Waals surface area contributed by atoms with Crippen molar-refractivity contribution in [2.24, 2.45) is 7.05 Å². The number of aromatic nitrogens is 2. The molecule has 3 N–H and O–H groups in total. The maximum atomic E-state index is 10.2. The first kappa shape index (κ1) is 12.8. The van der Waals surface area contributed by atoms with E-state index >= 15 is 0 Å². The summed E-state index contributed by atoms with van der Waals surface area (Å²) < 4.78 is 7.54. The quantitative estimate of drug-likeness (QED) is 0.893. The van der Waals surface area contributed by atoms with Crippen LogP contribution in [0, 0.1) is 6.92 Å². The molecule has 0 aliphatic heterocycles. The van der Waals surface area contributed by atoms with Crippen molar-refractivity contribution in [1.82, 2.24) is 9.78 Å². The lowest BCUT2D eigenvalue weighted by Gasteiger charge is -2.12. The predicted molar refractivity (Wildman–Crippen MR) is 73.7 cm³/mol. The molecule has 1 aromatic carbocycles. The fourth-order valence-electron chi connectivity index (χ4n) is 1.81. The van der Waals surface area contributed by atoms with Crippen LogP contribution in [-0.4, -0.2) is 22.0 Å². The molecule has 18 heavy (non-hydrogen) atoms. The van der Waals surface area contributed by atoms with Crippen LogP contribution in [0.4, 0.5) is 5.82 Å². The Morgan fingerprint density at radius 3 is 2.61 bits per heavy atom. The predicted octanol–water partition coefficient (Wildman–Crippen LogP) is 2.45. The van der Waals surface area contributed by atoms with Crippen LogP contribution in [0.25, 0.3) is 11.3 Å². The lowest BCUT2D eigenvalue weighted by atomic mass is 10.1. The molecule has 0 radical (unpaired) electrons. The van der Waals surface area contributed by atoms with Crippen LogP contribution in [0.15, 0.2) is 16.6 Å². The van der Waals surface area contributed by atoms with E-state index in [1.54, 1.807) is 37.9 Å². The summed E-state index contributed by atoms with van der Waals surface area (Å²) in [5.41, 5.74) is 7.64. The van der Waals surface area contributed by atoms with Crippen molar-refractivity contribution >= 4 is 21.7 Å². The van der Waals surface area contributed by atoms with E-state index in [0.29, 0.717) is 28.4 Å². The number of ether oxygens (including phenoxy) is 1. The van der Waals surface area contributed by atoms with Crippen molar-refractivity contribution in [2.45, 2.75) is 6.92 Å². The van der Waals surface area contributed by atoms with Gasteiger partial charge in [-0.25, -0.2) is 0 Å². The number of nitrogen functional groups attached to an aromatic ring is 1. The van der Waals surface area contributed by atoms with Gasteiger partial charge in [-0.1, -0.05) is 0 Å². The zero-order chi connectivity index (χ0) is 13.4. The maximum absolute atomic E-state index is 10.2. The number of phenolic OH excluding ortho intramolecular Hbond substituents is 1. The van der Waals surface area contributed by atoms with Crippen molar-refractivity contribution in [3.05, 3.63) is 22.2 Å². The van der Waals surface area contributed by atoms with E-state index < -0.39 is 0 Å². The third-order valence-corrected chi connectivity index (χ3v) is 3.42. The number of methoxy groups -OCH3 is 1. The first-order chi connectivity index (χ1) is 8.45. The van der Waals surface area contributed by atoms with Gasteiger partial charge in [0.1, 0.15) is 17.3 Å². The van der Waals surface area contributed by atoms with E-state index in [9.17, 15) is 5.11 Å². The molecule has 0 aliphatic rings. The Kier molecular flexibility index (Phi) is 3.21. The van der Waals surface area contributed by atoms with Gasteiger partial charge in [0.15, 0.2) is 0 Å². The molecule has 2 rings (SSSR count). The van der Waals surface area contributed by atoms with Crippen molar-refractivity contribution in [1.29, 1.82) is 0 Å². The van der Waals surface area contributed by atoms with E-state index in [1.165, 1.54) is 0 Å². The monoisotopic (exact) mass is 311 g/mol. The summed E-state index contributed by atoms with van der Waals surface area (Å²) in [5.74, 6) is 1.29. The summed E-state index contributed by atoms with van der Waals surface area (Å²) in [5, 5.41) is 14.4. The SMILES string of the molecule is COc1c(Br)cc(-c2cc(N)n(C)n2)c(O)c1C. The molecule has 0 spiro atoms. The van der Waals surface area contributed by atoms with Crippen molar-refractivity contribution < 1.29 is 9.84 Å². The second-order valence-corrected chi connectivity index (χ2v) is 4.85. The van der Waals surface area contributed by atoms with Gasteiger partial charge in [0.05, 0.1) is 17.3 Å². The molecule has 0 bridgehead atoms. The molecular weight excluding hydrogens is 298 g/mol. The highest BCUT2D eigenvalue weighted by atomic mass is 79.9. The second kappa shape index (κ2) is 4.53. The number of anilines is 1. The Morgan fingerprint density at radius 1 is 1.44 bits per heavy atom. The molecule has 0 atom stereocenters. The lowest BCUT2D eigenvalue weighted by Crippen LogP contribution is -1.96. The molecule has 0 saturated heterocycles. The third-order valence-electron chi connectivity index (χ3n) is 2.83. The average molecular weight is 312 g/mol. The maximum Gasteiger partial charge on any atom is 0.139 e. The van der Waals surface area contributed by atoms with Gasteiger partial charge < -0.3 is 15.6 Å². The number of nitrogens with two attached hydrogens (primary N) is 1. The Morgan fingerprint density at radius 2 is 2.11 bits per heavy atom. The highest BCUT2D eigenvalue weighted by molar-refractivity contribution is 9.10. The summed E-state index contributed by atoms with van der Waals surface area (Å²) >= 11 is 3.41. The fraction of sp³-hybridized carbons (Fsp3) is 0.250. The minimum atomic E-state index is 0.146. The van der Waals surface area contributed by atoms with E-state index in [2.05, 4.69) is 21.0 Å². The minimum Gasteiger partial charge on any atom is -0.507 e. The van der Waals surface area contributed by atoms with Crippen LogP contribution in [0.2, 0.25) is 0 Å². The first-order valence-electron chi connectivity index (χ1n) is 5.31. The summed E-state index contributed by atoms with van der Waals surface area (Å²) in [7, 11) is 3.31. The molecule has 1 heterocycles. The smallest absolute Gasteiger partial charge is 0.139 e. The highest BCUT2D eigenvalue weighted by Gasteiger charge is 2.17. The number of rotatable bonds is 2. The van der Waals surface area contributed by atoms with Gasteiger partial charge in [0.2, 0.25) is 0 Å². The summed E-state index contributed by atoms with van der Waals surface area (Å²) in [6.07, 6.45) is 0. The van der Waals surface area contributed by atoms with Gasteiger partial charge in [0.25, 0.3) is 0 Å². The number of phenols is 1. The van der Waals surface area contributed by atoms with Crippen molar-refractivity contribution in [3.63, 3.8) is 0 Å². The number of hydrogen-bond acceptors (Lipinski definition) is 4. The number of aromatic hydroxyl groups is 1. The zero-order valence-corrected chi connectivity index (χ0v) is 11.9. The average Bonchev–Trinajstić information content (AvgIpc) is 2.65. The molecule has 0 aliphatic carbocycles. The van der Waals surface area contributed by atoms with E-state index in [1.807, 2.05) is 0 Å². The number of aryl methyl sites for hydroxylation is 1. The molecule has 6 heteroatoms. The Balaban J connectivity index is 2.66. The molecule has 0 saturated carbocycles. The molecule has 0 amide bonds. The second-order valence-electron chi connectivity index (χ2n) is 3.99. The number of nitrogens with zero attached hydrogens (tertiary/aromatic N) is 2. The van der Waals surface area contributed by atoms with Crippen LogP contribution < -0.4 is 10.5 Å². The van der Waals surface area contributed by atoms with Crippen LogP contribution in [0.1, 0.15) is 5.56 Å². The minimum absolute atomic E-state index is 0.146. The molecule has 0 fully saturated rings. The molecule has 0 unspecified atom stereocenters. The van der Waals surface area contributed by atoms with E-state index in [4.69, 9.17) is 10.5 Å². The highest BCUT2D eigenvalue weighted by Crippen LogP contribution is 2.41. The standard InChI is InChI=1S/C12H14BrN3O2/c1-6-11(17)7(4-8(13)12(6)18-3)9-5-10(14)16(2)15-9/h4-5,17H,14H2,1-3H3. The Labute approximate surface area is 113 Å². The van der Waals surface area contributed by atoms with Crippen LogP contribution in [0.3, 0.4) is 0 Å². The zero-order valence-electron chi connectivity index (χ0n) is 10.4. The van der Waals surface area contributed by atoms with E-state index in [0.717, 1.165) is 4.47 Å². The third kappa shape index (κ3) is 1.92. The van der Waals surface area contributed by atoms with Gasteiger partial charge in [-0.2, -0.15) is 5.10 Å². The van der Waals surface area contributed by atoms with Gasteiger partial charge in [-0.15, -0.1) is 0 Å². The molecule has 1 aromatic heterocycles. The normalized spacial score (nSPS) is 10.7. The number of benzene rings is 1. The van der Waals surface area contributed by atoms with Gasteiger partial charge >= 0.3 is 0 Å². The number of halogens is 1. The van der Waals surface area contributed by atoms with Gasteiger partial charge in [0, 0.05) is 24.2 Å². The lowest BCUT2D eigenvalue weighted by molar-refractivity contribution is 0.400. The Hall–Kier alpha value is -1.69. The molecule has 2 aromatic rings. The van der Waals surface area contributed by atoms with E-state index in [-0.39, 0.29) is 5.75 Å². The van der Waals surface area contributed by atoms with Crippen molar-refractivity contribution in [2.75, 3.05) is 12.8 Å². The van der Waals surface area contributed by atoms with Gasteiger partial charge in [-0.05, 0) is 28.9 Å². The van der Waals surface area contributed by atoms with Crippen LogP contribution in [-0.2, 0) is 7.05 Å². The van der Waals surface area contributed by atoms with Crippen LogP contribution in [0.5, 0.6) is 11.5 Å².